The van der Waals surface area contributed by atoms with Gasteiger partial charge in [-0.05, 0) is 30.3 Å². The Bertz CT molecular complexity index is 1320. The van der Waals surface area contributed by atoms with Crippen molar-refractivity contribution in [1.82, 2.24) is 14.5 Å². The molecule has 0 radical (unpaired) electrons. The van der Waals surface area contributed by atoms with Crippen LogP contribution < -0.4 is 5.56 Å². The molecule has 2 aromatic heterocycles. The molecular weight excluding hydrogens is 378 g/mol. The molecule has 4 rings (SSSR count). The van der Waals surface area contributed by atoms with E-state index < -0.39 is 15.4 Å². The van der Waals surface area contributed by atoms with Crippen molar-refractivity contribution in [2.45, 2.75) is 0 Å². The lowest BCUT2D eigenvalue weighted by Gasteiger charge is -2.13. The second kappa shape index (κ2) is 6.93. The Hall–Kier alpha value is -4.47. The number of pyridine rings is 1. The van der Waals surface area contributed by atoms with Crippen LogP contribution in [0.3, 0.4) is 0 Å². The van der Waals surface area contributed by atoms with E-state index in [1.165, 1.54) is 41.0 Å². The molecular formula is C19H11N5O5. The molecule has 0 saturated carbocycles. The third kappa shape index (κ3) is 3.18. The molecule has 0 saturated heterocycles. The van der Waals surface area contributed by atoms with Gasteiger partial charge in [0.2, 0.25) is 0 Å². The summed E-state index contributed by atoms with van der Waals surface area (Å²) in [5.74, 6) is 0.214. The molecule has 10 nitrogen and oxygen atoms in total. The van der Waals surface area contributed by atoms with Gasteiger partial charge >= 0.3 is 0 Å². The molecule has 0 aliphatic rings. The number of fused-ring (bicyclic) bond motifs is 1. The molecule has 0 spiro atoms. The smallest absolute Gasteiger partial charge is 0.268 e. The van der Waals surface area contributed by atoms with Crippen LogP contribution in [0.4, 0.5) is 11.4 Å². The van der Waals surface area contributed by atoms with Gasteiger partial charge in [0.25, 0.3) is 16.9 Å². The van der Waals surface area contributed by atoms with E-state index in [1.807, 2.05) is 0 Å². The summed E-state index contributed by atoms with van der Waals surface area (Å²) in [6.07, 6.45) is 1.54. The van der Waals surface area contributed by atoms with Gasteiger partial charge in [0, 0.05) is 30.5 Å². The second-order valence-corrected chi connectivity index (χ2v) is 6.02. The van der Waals surface area contributed by atoms with Gasteiger partial charge in [-0.1, -0.05) is 6.07 Å². The van der Waals surface area contributed by atoms with Gasteiger partial charge in [0.1, 0.15) is 5.69 Å². The van der Waals surface area contributed by atoms with E-state index >= 15 is 0 Å². The fourth-order valence-corrected chi connectivity index (χ4v) is 2.92. The van der Waals surface area contributed by atoms with Crippen LogP contribution in [0.2, 0.25) is 0 Å². The highest BCUT2D eigenvalue weighted by Gasteiger charge is 2.18. The highest BCUT2D eigenvalue weighted by atomic mass is 16.6. The van der Waals surface area contributed by atoms with E-state index in [0.29, 0.717) is 11.4 Å². The number of benzene rings is 2. The normalized spacial score (nSPS) is 10.8. The third-order valence-electron chi connectivity index (χ3n) is 4.28. The molecule has 2 heterocycles. The topological polar surface area (TPSA) is 134 Å². The Labute approximate surface area is 162 Å². The molecule has 0 unspecified atom stereocenters. The van der Waals surface area contributed by atoms with Gasteiger partial charge in [0.15, 0.2) is 5.82 Å². The standard InChI is InChI=1S/C19H11N5O5/c25-19-15-11-14(24(28)29)8-9-16(15)21-18(17-3-1-2-10-20-17)22(19)12-4-6-13(7-5-12)23(26)27/h1-11H. The predicted molar refractivity (Wildman–Crippen MR) is 104 cm³/mol. The maximum Gasteiger partial charge on any atom is 0.270 e. The van der Waals surface area contributed by atoms with Crippen LogP contribution >= 0.6 is 0 Å². The lowest BCUT2D eigenvalue weighted by molar-refractivity contribution is -0.385. The minimum Gasteiger partial charge on any atom is -0.268 e. The lowest BCUT2D eigenvalue weighted by atomic mass is 10.2. The molecule has 0 amide bonds. The molecule has 0 atom stereocenters. The summed E-state index contributed by atoms with van der Waals surface area (Å²) >= 11 is 0. The monoisotopic (exact) mass is 389 g/mol. The van der Waals surface area contributed by atoms with Crippen molar-refractivity contribution in [3.63, 3.8) is 0 Å². The number of nitrogens with zero attached hydrogens (tertiary/aromatic N) is 5. The number of hydrogen-bond acceptors (Lipinski definition) is 7. The molecule has 2 aromatic carbocycles. The summed E-state index contributed by atoms with van der Waals surface area (Å²) < 4.78 is 1.23. The predicted octanol–water partition coefficient (Wildman–Crippen LogP) is 3.26. The minimum atomic E-state index is -0.595. The van der Waals surface area contributed by atoms with Crippen molar-refractivity contribution >= 4 is 22.3 Å². The van der Waals surface area contributed by atoms with E-state index in [2.05, 4.69) is 9.97 Å². The van der Waals surface area contributed by atoms with Crippen molar-refractivity contribution < 1.29 is 9.85 Å². The largest absolute Gasteiger partial charge is 0.270 e. The maximum atomic E-state index is 13.3. The quantitative estimate of drug-likeness (QED) is 0.386. The van der Waals surface area contributed by atoms with Crippen molar-refractivity contribution in [2.75, 3.05) is 0 Å². The summed E-state index contributed by atoms with van der Waals surface area (Å²) in [6.45, 7) is 0. The first-order valence-electron chi connectivity index (χ1n) is 8.33. The first-order chi connectivity index (χ1) is 14.0. The Morgan fingerprint density at radius 2 is 1.55 bits per heavy atom. The zero-order valence-electron chi connectivity index (χ0n) is 14.6. The van der Waals surface area contributed by atoms with E-state index in [1.54, 1.807) is 24.4 Å². The molecule has 142 valence electrons. The summed E-state index contributed by atoms with van der Waals surface area (Å²) in [5.41, 5.74) is 0.0841. The highest BCUT2D eigenvalue weighted by molar-refractivity contribution is 5.82. The van der Waals surface area contributed by atoms with Crippen LogP contribution in [0.25, 0.3) is 28.1 Å². The summed E-state index contributed by atoms with van der Waals surface area (Å²) in [4.78, 5) is 42.9. The fraction of sp³-hybridized carbons (Fsp3) is 0. The van der Waals surface area contributed by atoms with Gasteiger partial charge in [-0.25, -0.2) is 4.98 Å². The van der Waals surface area contributed by atoms with Crippen molar-refractivity contribution in [2.24, 2.45) is 0 Å². The Balaban J connectivity index is 2.05. The summed E-state index contributed by atoms with van der Waals surface area (Å²) in [7, 11) is 0. The van der Waals surface area contributed by atoms with Gasteiger partial charge in [-0.15, -0.1) is 0 Å². The van der Waals surface area contributed by atoms with Gasteiger partial charge in [-0.3, -0.25) is 34.6 Å². The summed E-state index contributed by atoms with van der Waals surface area (Å²) in [6, 6.07) is 14.3. The molecule has 0 fully saturated rings. The molecule has 0 bridgehead atoms. The number of aromatic nitrogens is 3. The van der Waals surface area contributed by atoms with E-state index in [9.17, 15) is 25.0 Å². The molecule has 29 heavy (non-hydrogen) atoms. The summed E-state index contributed by atoms with van der Waals surface area (Å²) in [5, 5.41) is 22.1. The highest BCUT2D eigenvalue weighted by Crippen LogP contribution is 2.24. The van der Waals surface area contributed by atoms with Gasteiger partial charge in [-0.2, -0.15) is 0 Å². The molecule has 4 aromatic rings. The van der Waals surface area contributed by atoms with Crippen LogP contribution in [0.1, 0.15) is 0 Å². The lowest BCUT2D eigenvalue weighted by Crippen LogP contribution is -2.22. The Morgan fingerprint density at radius 1 is 0.862 bits per heavy atom. The molecule has 0 N–H and O–H groups in total. The number of nitro groups is 2. The van der Waals surface area contributed by atoms with Crippen LogP contribution in [0.5, 0.6) is 0 Å². The Morgan fingerprint density at radius 3 is 2.17 bits per heavy atom. The average molecular weight is 389 g/mol. The van der Waals surface area contributed by atoms with Crippen LogP contribution in [0.15, 0.2) is 71.7 Å². The minimum absolute atomic E-state index is 0.0530. The van der Waals surface area contributed by atoms with Crippen LogP contribution in [-0.4, -0.2) is 24.4 Å². The third-order valence-corrected chi connectivity index (χ3v) is 4.28. The maximum absolute atomic E-state index is 13.3. The molecule has 0 aliphatic carbocycles. The zero-order chi connectivity index (χ0) is 20.5. The van der Waals surface area contributed by atoms with Crippen molar-refractivity contribution in [3.8, 4) is 17.2 Å². The zero-order valence-corrected chi connectivity index (χ0v) is 14.6. The van der Waals surface area contributed by atoms with Crippen LogP contribution in [-0.2, 0) is 0 Å². The van der Waals surface area contributed by atoms with Gasteiger partial charge < -0.3 is 0 Å². The molecule has 0 aliphatic heterocycles. The van der Waals surface area contributed by atoms with Crippen molar-refractivity contribution in [1.29, 1.82) is 0 Å². The number of nitro benzene ring substituents is 2. The Kier molecular flexibility index (Phi) is 4.28. The van der Waals surface area contributed by atoms with E-state index in [4.69, 9.17) is 0 Å². The SMILES string of the molecule is O=c1c2cc([N+](=O)[O-])ccc2nc(-c2ccccn2)n1-c1ccc([N+](=O)[O-])cc1. The second-order valence-electron chi connectivity index (χ2n) is 6.02. The average Bonchev–Trinajstić information content (AvgIpc) is 2.74. The van der Waals surface area contributed by atoms with Crippen LogP contribution in [0, 0.1) is 20.2 Å². The number of hydrogen-bond donors (Lipinski definition) is 0. The van der Waals surface area contributed by atoms with Crippen molar-refractivity contribution in [3.05, 3.63) is 97.4 Å². The van der Waals surface area contributed by atoms with E-state index in [0.717, 1.165) is 6.07 Å². The first kappa shape index (κ1) is 17.9. The fourth-order valence-electron chi connectivity index (χ4n) is 2.92. The number of non-ortho nitro benzene ring substituents is 2. The molecule has 10 heteroatoms. The number of rotatable bonds is 4. The van der Waals surface area contributed by atoms with E-state index in [-0.39, 0.29) is 28.1 Å². The first-order valence-corrected chi connectivity index (χ1v) is 8.33. The van der Waals surface area contributed by atoms with Gasteiger partial charge in [0.05, 0.1) is 26.4 Å².